The van der Waals surface area contributed by atoms with Crippen molar-refractivity contribution in [1.82, 2.24) is 9.88 Å². The Labute approximate surface area is 141 Å². The Morgan fingerprint density at radius 1 is 1.25 bits per heavy atom. The molecule has 0 saturated carbocycles. The summed E-state index contributed by atoms with van der Waals surface area (Å²) in [4.78, 5) is 30.7. The second kappa shape index (κ2) is 5.62. The molecule has 1 amide bonds. The molecule has 2 aromatic rings. The van der Waals surface area contributed by atoms with E-state index in [1.54, 1.807) is 0 Å². The quantitative estimate of drug-likeness (QED) is 0.873. The summed E-state index contributed by atoms with van der Waals surface area (Å²) in [6.45, 7) is 2.89. The molecule has 4 rings (SSSR count). The average Bonchev–Trinajstić information content (AvgIpc) is 2.94. The van der Waals surface area contributed by atoms with Crippen molar-refractivity contribution < 1.29 is 9.59 Å². The zero-order valence-corrected chi connectivity index (χ0v) is 14.1. The molecule has 124 valence electrons. The van der Waals surface area contributed by atoms with Crippen molar-refractivity contribution in [2.75, 3.05) is 13.6 Å². The van der Waals surface area contributed by atoms with Gasteiger partial charge < -0.3 is 9.88 Å². The van der Waals surface area contributed by atoms with E-state index in [2.05, 4.69) is 11.9 Å². The Balaban J connectivity index is 1.85. The van der Waals surface area contributed by atoms with Crippen LogP contribution < -0.4 is 0 Å². The molecule has 1 N–H and O–H groups in total. The minimum atomic E-state index is -0.195. The summed E-state index contributed by atoms with van der Waals surface area (Å²) >= 11 is 0. The number of nitrogens with zero attached hydrogens (tertiary/aromatic N) is 1. The summed E-state index contributed by atoms with van der Waals surface area (Å²) in [6, 6.07) is 7.95. The van der Waals surface area contributed by atoms with Crippen LogP contribution in [0.4, 0.5) is 0 Å². The van der Waals surface area contributed by atoms with Gasteiger partial charge >= 0.3 is 0 Å². The fourth-order valence-corrected chi connectivity index (χ4v) is 4.33. The Morgan fingerprint density at radius 3 is 2.83 bits per heavy atom. The third-order valence-corrected chi connectivity index (χ3v) is 5.68. The number of aromatic nitrogens is 1. The number of fused-ring (bicyclic) bond motifs is 4. The van der Waals surface area contributed by atoms with E-state index in [1.165, 1.54) is 0 Å². The molecule has 24 heavy (non-hydrogen) atoms. The number of likely N-dealkylation sites (tertiary alicyclic amines) is 1. The summed E-state index contributed by atoms with van der Waals surface area (Å²) in [7, 11) is 1.87. The van der Waals surface area contributed by atoms with Crippen molar-refractivity contribution in [3.63, 3.8) is 0 Å². The fraction of sp³-hybridized carbons (Fsp3) is 0.400. The van der Waals surface area contributed by atoms with Gasteiger partial charge in [-0.1, -0.05) is 43.7 Å². The first kappa shape index (κ1) is 15.2. The molecule has 3 unspecified atom stereocenters. The van der Waals surface area contributed by atoms with E-state index >= 15 is 0 Å². The predicted octanol–water partition coefficient (Wildman–Crippen LogP) is 3.50. The predicted molar refractivity (Wildman–Crippen MR) is 94.7 cm³/mol. The highest BCUT2D eigenvalue weighted by molar-refractivity contribution is 6.06. The van der Waals surface area contributed by atoms with Gasteiger partial charge in [0.1, 0.15) is 0 Å². The highest BCUT2D eigenvalue weighted by Crippen LogP contribution is 2.38. The van der Waals surface area contributed by atoms with Crippen LogP contribution in [0, 0.1) is 17.8 Å². The highest BCUT2D eigenvalue weighted by Gasteiger charge is 2.41. The lowest BCUT2D eigenvalue weighted by atomic mass is 9.72. The van der Waals surface area contributed by atoms with Gasteiger partial charge in [0.15, 0.2) is 5.78 Å². The standard InChI is InChI=1S/C20H22N2O2/c1-3-12-11-22(2)20(24)15-9-8-14-13-6-4-5-7-17(13)21-19(14)18(23)10-16(12)15/h4-9,12,15-16,21H,3,10-11H2,1-2H3. The van der Waals surface area contributed by atoms with Gasteiger partial charge in [-0.2, -0.15) is 0 Å². The third kappa shape index (κ3) is 2.20. The summed E-state index contributed by atoms with van der Waals surface area (Å²) in [5.74, 6) is 0.534. The van der Waals surface area contributed by atoms with E-state index in [9.17, 15) is 9.59 Å². The van der Waals surface area contributed by atoms with Crippen LogP contribution in [-0.4, -0.2) is 35.2 Å². The van der Waals surface area contributed by atoms with E-state index in [1.807, 2.05) is 48.4 Å². The Hall–Kier alpha value is -2.36. The molecule has 2 heterocycles. The molecule has 3 atom stereocenters. The molecule has 1 saturated heterocycles. The number of ketones is 1. The van der Waals surface area contributed by atoms with Crippen LogP contribution in [0.3, 0.4) is 0 Å². The number of aromatic amines is 1. The lowest BCUT2D eigenvalue weighted by Crippen LogP contribution is -2.48. The number of benzene rings is 1. The molecule has 1 aromatic heterocycles. The molecule has 0 bridgehead atoms. The lowest BCUT2D eigenvalue weighted by molar-refractivity contribution is -0.140. The summed E-state index contributed by atoms with van der Waals surface area (Å²) in [6.07, 6.45) is 5.43. The van der Waals surface area contributed by atoms with Gasteiger partial charge in [0, 0.05) is 36.5 Å². The van der Waals surface area contributed by atoms with Crippen LogP contribution in [0.5, 0.6) is 0 Å². The van der Waals surface area contributed by atoms with Gasteiger partial charge in [0.05, 0.1) is 11.6 Å². The van der Waals surface area contributed by atoms with Gasteiger partial charge in [-0.05, 0) is 17.9 Å². The average molecular weight is 322 g/mol. The molecular weight excluding hydrogens is 300 g/mol. The van der Waals surface area contributed by atoms with Crippen LogP contribution >= 0.6 is 0 Å². The summed E-state index contributed by atoms with van der Waals surface area (Å²) < 4.78 is 0. The number of amides is 1. The number of hydrogen-bond donors (Lipinski definition) is 1. The Kier molecular flexibility index (Phi) is 3.56. The van der Waals surface area contributed by atoms with E-state index in [0.717, 1.165) is 29.4 Å². The monoisotopic (exact) mass is 322 g/mol. The van der Waals surface area contributed by atoms with Gasteiger partial charge in [-0.15, -0.1) is 0 Å². The number of rotatable bonds is 1. The number of H-pyrrole nitrogens is 1. The topological polar surface area (TPSA) is 53.2 Å². The number of para-hydroxylation sites is 1. The van der Waals surface area contributed by atoms with Crippen LogP contribution in [0.1, 0.15) is 35.8 Å². The molecule has 0 spiro atoms. The molecule has 4 heteroatoms. The molecule has 1 aliphatic heterocycles. The second-order valence-electron chi connectivity index (χ2n) is 7.02. The van der Waals surface area contributed by atoms with Crippen LogP contribution in [-0.2, 0) is 4.79 Å². The fourth-order valence-electron chi connectivity index (χ4n) is 4.33. The van der Waals surface area contributed by atoms with Crippen molar-refractivity contribution in [2.24, 2.45) is 17.8 Å². The molecular formula is C20H22N2O2. The minimum Gasteiger partial charge on any atom is -0.352 e. The van der Waals surface area contributed by atoms with Crippen molar-refractivity contribution >= 4 is 28.7 Å². The van der Waals surface area contributed by atoms with Gasteiger partial charge in [-0.25, -0.2) is 0 Å². The molecule has 1 fully saturated rings. The number of piperidine rings is 1. The van der Waals surface area contributed by atoms with Crippen LogP contribution in [0.25, 0.3) is 17.0 Å². The minimum absolute atomic E-state index is 0.0991. The molecule has 0 radical (unpaired) electrons. The zero-order chi connectivity index (χ0) is 16.8. The number of hydrogen-bond acceptors (Lipinski definition) is 2. The maximum atomic E-state index is 12.9. The summed E-state index contributed by atoms with van der Waals surface area (Å²) in [5.41, 5.74) is 2.58. The smallest absolute Gasteiger partial charge is 0.229 e. The largest absolute Gasteiger partial charge is 0.352 e. The van der Waals surface area contributed by atoms with Crippen LogP contribution in [0.2, 0.25) is 0 Å². The van der Waals surface area contributed by atoms with Gasteiger partial charge in [0.2, 0.25) is 5.91 Å². The highest BCUT2D eigenvalue weighted by atomic mass is 16.2. The summed E-state index contributed by atoms with van der Waals surface area (Å²) in [5, 5.41) is 1.04. The number of nitrogens with one attached hydrogen (secondary N) is 1. The van der Waals surface area contributed by atoms with E-state index in [0.29, 0.717) is 18.0 Å². The number of Topliss-reactive ketones (excluding diaryl/α,β-unsaturated/α-hetero) is 1. The first-order chi connectivity index (χ1) is 11.6. The van der Waals surface area contributed by atoms with Crippen molar-refractivity contribution in [2.45, 2.75) is 19.8 Å². The Bertz CT molecular complexity index is 848. The van der Waals surface area contributed by atoms with Gasteiger partial charge in [-0.3, -0.25) is 9.59 Å². The zero-order valence-electron chi connectivity index (χ0n) is 14.1. The van der Waals surface area contributed by atoms with Crippen LogP contribution in [0.15, 0.2) is 30.3 Å². The first-order valence-corrected chi connectivity index (χ1v) is 8.67. The number of carbonyl (C=O) groups excluding carboxylic acids is 2. The SMILES string of the molecule is CCC1CN(C)C(=O)C2C=Cc3c([nH]c4ccccc34)C(=O)CC12. The molecule has 1 aromatic carbocycles. The second-order valence-corrected chi connectivity index (χ2v) is 7.02. The normalized spacial score (nSPS) is 26.9. The maximum absolute atomic E-state index is 12.9. The molecule has 2 aliphatic rings. The Morgan fingerprint density at radius 2 is 2.04 bits per heavy atom. The van der Waals surface area contributed by atoms with Crippen molar-refractivity contribution in [1.29, 1.82) is 0 Å². The number of carbonyl (C=O) groups is 2. The third-order valence-electron chi connectivity index (χ3n) is 5.68. The molecule has 4 nitrogen and oxygen atoms in total. The van der Waals surface area contributed by atoms with Crippen molar-refractivity contribution in [3.8, 4) is 0 Å². The van der Waals surface area contributed by atoms with E-state index in [-0.39, 0.29) is 23.5 Å². The lowest BCUT2D eigenvalue weighted by Gasteiger charge is -2.41. The van der Waals surface area contributed by atoms with E-state index in [4.69, 9.17) is 0 Å². The van der Waals surface area contributed by atoms with Gasteiger partial charge in [0.25, 0.3) is 0 Å². The molecule has 1 aliphatic carbocycles. The first-order valence-electron chi connectivity index (χ1n) is 8.67. The maximum Gasteiger partial charge on any atom is 0.229 e. The van der Waals surface area contributed by atoms with E-state index < -0.39 is 0 Å². The van der Waals surface area contributed by atoms with Crippen molar-refractivity contribution in [3.05, 3.63) is 41.6 Å².